The van der Waals surface area contributed by atoms with Gasteiger partial charge in [0.25, 0.3) is 0 Å². The van der Waals surface area contributed by atoms with Crippen LogP contribution < -0.4 is 5.73 Å². The van der Waals surface area contributed by atoms with Crippen LogP contribution in [-0.4, -0.2) is 23.8 Å². The molecule has 2 heterocycles. The van der Waals surface area contributed by atoms with E-state index in [-0.39, 0.29) is 18.3 Å². The number of nitrogens with two attached hydrogens (primary N) is 1. The van der Waals surface area contributed by atoms with E-state index in [4.69, 9.17) is 16.3 Å². The van der Waals surface area contributed by atoms with Gasteiger partial charge in [0.1, 0.15) is 6.04 Å². The van der Waals surface area contributed by atoms with E-state index in [9.17, 15) is 4.79 Å². The number of hydrogen-bond donors (Lipinski definition) is 1. The molecule has 1 aliphatic rings. The van der Waals surface area contributed by atoms with Crippen molar-refractivity contribution in [3.63, 3.8) is 0 Å². The third-order valence-electron chi connectivity index (χ3n) is 4.19. The summed E-state index contributed by atoms with van der Waals surface area (Å²) in [7, 11) is 1.56. The van der Waals surface area contributed by atoms with Crippen LogP contribution in [0.15, 0.2) is 40.7 Å². The van der Waals surface area contributed by atoms with Crippen LogP contribution in [0.25, 0.3) is 11.1 Å². The van der Waals surface area contributed by atoms with Crippen LogP contribution in [0.3, 0.4) is 0 Å². The van der Waals surface area contributed by atoms with Gasteiger partial charge >= 0.3 is 0 Å². The number of carbonyl (C=O) groups excluding carboxylic acids is 1. The zero-order valence-corrected chi connectivity index (χ0v) is 14.3. The molecule has 2 atom stereocenters. The number of benzene rings is 1. The quantitative estimate of drug-likeness (QED) is 0.919. The molecule has 0 spiro atoms. The van der Waals surface area contributed by atoms with Crippen LogP contribution in [0.1, 0.15) is 22.9 Å². The molecule has 0 bridgehead atoms. The molecule has 25 heavy (non-hydrogen) atoms. The highest BCUT2D eigenvalue weighted by molar-refractivity contribution is 7.10. The van der Waals surface area contributed by atoms with E-state index in [1.165, 1.54) is 16.2 Å². The highest BCUT2D eigenvalue weighted by atomic mass is 32.1. The number of thiophene rings is 1. The van der Waals surface area contributed by atoms with Crippen LogP contribution in [-0.2, 0) is 4.79 Å². The third-order valence-corrected chi connectivity index (χ3v) is 5.19. The van der Waals surface area contributed by atoms with E-state index in [0.717, 1.165) is 16.0 Å². The molecule has 1 aromatic carbocycles. The van der Waals surface area contributed by atoms with Gasteiger partial charge < -0.3 is 5.73 Å². The molecule has 1 unspecified atom stereocenters. The van der Waals surface area contributed by atoms with E-state index in [0.29, 0.717) is 5.56 Å². The summed E-state index contributed by atoms with van der Waals surface area (Å²) >= 11 is 1.47. The van der Waals surface area contributed by atoms with E-state index in [2.05, 4.69) is 17.1 Å². The summed E-state index contributed by atoms with van der Waals surface area (Å²) in [4.78, 5) is 19.1. The molecule has 2 aromatic rings. The van der Waals surface area contributed by atoms with Crippen molar-refractivity contribution in [1.29, 1.82) is 10.5 Å². The molecule has 0 saturated heterocycles. The summed E-state index contributed by atoms with van der Waals surface area (Å²) in [5, 5.41) is 20.1. The molecule has 1 aromatic heterocycles. The lowest BCUT2D eigenvalue weighted by Gasteiger charge is -2.31. The van der Waals surface area contributed by atoms with Crippen LogP contribution in [0.4, 0.5) is 0 Å². The standard InChI is InChI=1S/C18H15N5OS/c1-23-17(24)14(5-6-19)16(22-18(23)21)15-8-13(10-25-15)12-4-2-3-11(7-12)9-20/h2-4,7-8,10,14,16H,5H2,1H3,(H2,21,22)/t14?,16-/m0/s1. The maximum absolute atomic E-state index is 12.5. The molecule has 2 N–H and O–H groups in total. The summed E-state index contributed by atoms with van der Waals surface area (Å²) in [6, 6.07) is 13.0. The molecular weight excluding hydrogens is 334 g/mol. The molecular formula is C18H15N5OS. The van der Waals surface area contributed by atoms with Crippen molar-refractivity contribution in [1.82, 2.24) is 4.90 Å². The van der Waals surface area contributed by atoms with Crippen molar-refractivity contribution in [2.24, 2.45) is 16.6 Å². The molecule has 0 aliphatic carbocycles. The van der Waals surface area contributed by atoms with Gasteiger partial charge in [0.15, 0.2) is 5.96 Å². The van der Waals surface area contributed by atoms with Gasteiger partial charge in [0.05, 0.1) is 23.6 Å². The van der Waals surface area contributed by atoms with Gasteiger partial charge in [0.2, 0.25) is 5.91 Å². The zero-order valence-electron chi connectivity index (χ0n) is 13.5. The second-order valence-corrected chi connectivity index (χ2v) is 6.67. The van der Waals surface area contributed by atoms with Crippen LogP contribution in [0, 0.1) is 28.6 Å². The summed E-state index contributed by atoms with van der Waals surface area (Å²) < 4.78 is 0. The first-order valence-electron chi connectivity index (χ1n) is 7.62. The molecule has 7 heteroatoms. The second kappa shape index (κ2) is 6.76. The number of aliphatic imine (C=N–C) groups is 1. The molecule has 124 valence electrons. The van der Waals surface area contributed by atoms with E-state index in [1.807, 2.05) is 29.6 Å². The Kier molecular flexibility index (Phi) is 4.51. The Hall–Kier alpha value is -3.16. The second-order valence-electron chi connectivity index (χ2n) is 5.73. The van der Waals surface area contributed by atoms with Crippen molar-refractivity contribution >= 4 is 23.2 Å². The fourth-order valence-corrected chi connectivity index (χ4v) is 3.82. The SMILES string of the molecule is CN1C(=O)C(CC#N)[C@@H](c2cc(-c3cccc(C#N)c3)cs2)N=C1N. The molecule has 0 radical (unpaired) electrons. The largest absolute Gasteiger partial charge is 0.369 e. The number of nitrogens with zero attached hydrogens (tertiary/aromatic N) is 4. The molecule has 0 fully saturated rings. The van der Waals surface area contributed by atoms with Gasteiger partial charge in [-0.05, 0) is 34.7 Å². The highest BCUT2D eigenvalue weighted by Gasteiger charge is 2.37. The van der Waals surface area contributed by atoms with Gasteiger partial charge in [-0.3, -0.25) is 9.69 Å². The first-order chi connectivity index (χ1) is 12.0. The van der Waals surface area contributed by atoms with Crippen molar-refractivity contribution < 1.29 is 4.79 Å². The Morgan fingerprint density at radius 2 is 2.12 bits per heavy atom. The van der Waals surface area contributed by atoms with Gasteiger partial charge in [-0.2, -0.15) is 10.5 Å². The number of hydrogen-bond acceptors (Lipinski definition) is 6. The summed E-state index contributed by atoms with van der Waals surface area (Å²) in [5.41, 5.74) is 8.32. The number of nitriles is 2. The van der Waals surface area contributed by atoms with E-state index in [1.54, 1.807) is 13.1 Å². The summed E-state index contributed by atoms with van der Waals surface area (Å²) in [6.07, 6.45) is 0.0851. The smallest absolute Gasteiger partial charge is 0.235 e. The molecule has 1 aliphatic heterocycles. The summed E-state index contributed by atoms with van der Waals surface area (Å²) in [6.45, 7) is 0. The van der Waals surface area contributed by atoms with Crippen LogP contribution in [0.5, 0.6) is 0 Å². The number of rotatable bonds is 3. The van der Waals surface area contributed by atoms with Crippen LogP contribution >= 0.6 is 11.3 Å². The Balaban J connectivity index is 1.99. The van der Waals surface area contributed by atoms with Crippen molar-refractivity contribution in [3.8, 4) is 23.3 Å². The highest BCUT2D eigenvalue weighted by Crippen LogP contribution is 2.38. The number of amides is 1. The first kappa shape index (κ1) is 16.7. The lowest BCUT2D eigenvalue weighted by molar-refractivity contribution is -0.132. The minimum Gasteiger partial charge on any atom is -0.369 e. The molecule has 6 nitrogen and oxygen atoms in total. The Bertz CT molecular complexity index is 933. The normalized spacial score (nSPS) is 19.9. The Morgan fingerprint density at radius 3 is 2.84 bits per heavy atom. The lowest BCUT2D eigenvalue weighted by atomic mass is 9.92. The molecule has 0 saturated carbocycles. The number of guanidine groups is 1. The minimum atomic E-state index is -0.542. The van der Waals surface area contributed by atoms with Crippen LogP contribution in [0.2, 0.25) is 0 Å². The van der Waals surface area contributed by atoms with E-state index < -0.39 is 12.0 Å². The average Bonchev–Trinajstić information content (AvgIpc) is 3.12. The predicted octanol–water partition coefficient (Wildman–Crippen LogP) is 2.64. The first-order valence-corrected chi connectivity index (χ1v) is 8.50. The van der Waals surface area contributed by atoms with Gasteiger partial charge in [-0.25, -0.2) is 4.99 Å². The lowest BCUT2D eigenvalue weighted by Crippen LogP contribution is -2.47. The Labute approximate surface area is 149 Å². The fraction of sp³-hybridized carbons (Fsp3) is 0.222. The number of carbonyl (C=O) groups is 1. The van der Waals surface area contributed by atoms with Crippen molar-refractivity contribution in [2.75, 3.05) is 7.05 Å². The monoisotopic (exact) mass is 349 g/mol. The zero-order chi connectivity index (χ0) is 18.0. The topological polar surface area (TPSA) is 106 Å². The molecule has 3 rings (SSSR count). The average molecular weight is 349 g/mol. The fourth-order valence-electron chi connectivity index (χ4n) is 2.80. The van der Waals surface area contributed by atoms with Gasteiger partial charge in [0, 0.05) is 18.3 Å². The van der Waals surface area contributed by atoms with Crippen molar-refractivity contribution in [3.05, 3.63) is 46.2 Å². The third kappa shape index (κ3) is 3.10. The minimum absolute atomic E-state index is 0.0851. The maximum Gasteiger partial charge on any atom is 0.235 e. The van der Waals surface area contributed by atoms with E-state index >= 15 is 0 Å². The van der Waals surface area contributed by atoms with Gasteiger partial charge in [-0.15, -0.1) is 11.3 Å². The summed E-state index contributed by atoms with van der Waals surface area (Å²) in [5.74, 6) is -0.578. The van der Waals surface area contributed by atoms with Gasteiger partial charge in [-0.1, -0.05) is 12.1 Å². The Morgan fingerprint density at radius 1 is 1.32 bits per heavy atom. The molecule has 1 amide bonds. The maximum atomic E-state index is 12.5. The predicted molar refractivity (Wildman–Crippen MR) is 95.3 cm³/mol. The van der Waals surface area contributed by atoms with Crippen molar-refractivity contribution in [2.45, 2.75) is 12.5 Å².